The van der Waals surface area contributed by atoms with Crippen LogP contribution >= 0.6 is 11.6 Å². The summed E-state index contributed by atoms with van der Waals surface area (Å²) < 4.78 is 0. The van der Waals surface area contributed by atoms with Crippen LogP contribution in [0.15, 0.2) is 18.2 Å². The lowest BCUT2D eigenvalue weighted by atomic mass is 10.0. The molecule has 15 heavy (non-hydrogen) atoms. The maximum absolute atomic E-state index is 6.18. The van der Waals surface area contributed by atoms with Gasteiger partial charge in [-0.2, -0.15) is 0 Å². The number of nitrogens with two attached hydrogens (primary N) is 1. The van der Waals surface area contributed by atoms with E-state index in [1.807, 2.05) is 13.0 Å². The number of hydrogen-bond acceptors (Lipinski definition) is 1. The standard InChI is InChI=1S/C13H18ClN/c1-9-2-6-11(12(14)8-9)13(15)7-5-10-3-4-10/h2,6,8,10,13H,3-5,7,15H2,1H3. The van der Waals surface area contributed by atoms with E-state index < -0.39 is 0 Å². The molecule has 1 unspecified atom stereocenters. The Balaban J connectivity index is 1.99. The van der Waals surface area contributed by atoms with Gasteiger partial charge in [0.15, 0.2) is 0 Å². The van der Waals surface area contributed by atoms with Crippen molar-refractivity contribution in [2.45, 2.75) is 38.6 Å². The van der Waals surface area contributed by atoms with Crippen molar-refractivity contribution in [3.05, 3.63) is 34.3 Å². The van der Waals surface area contributed by atoms with Crippen LogP contribution in [-0.4, -0.2) is 0 Å². The Kier molecular flexibility index (Phi) is 3.32. The molecule has 0 amide bonds. The van der Waals surface area contributed by atoms with E-state index in [0.717, 1.165) is 22.9 Å². The molecule has 0 heterocycles. The van der Waals surface area contributed by atoms with Gasteiger partial charge >= 0.3 is 0 Å². The van der Waals surface area contributed by atoms with Gasteiger partial charge in [0, 0.05) is 11.1 Å². The molecule has 1 aliphatic rings. The zero-order valence-corrected chi connectivity index (χ0v) is 9.93. The molecule has 0 saturated heterocycles. The lowest BCUT2D eigenvalue weighted by Crippen LogP contribution is -2.11. The van der Waals surface area contributed by atoms with Crippen LogP contribution in [0.2, 0.25) is 5.02 Å². The SMILES string of the molecule is Cc1ccc(C(N)CCC2CC2)c(Cl)c1. The fraction of sp³-hybridized carbons (Fsp3) is 0.538. The van der Waals surface area contributed by atoms with Crippen molar-refractivity contribution in [2.24, 2.45) is 11.7 Å². The summed E-state index contributed by atoms with van der Waals surface area (Å²) in [5.74, 6) is 0.945. The van der Waals surface area contributed by atoms with Crippen LogP contribution in [0.4, 0.5) is 0 Å². The quantitative estimate of drug-likeness (QED) is 0.825. The van der Waals surface area contributed by atoms with Gasteiger partial charge in [-0.25, -0.2) is 0 Å². The smallest absolute Gasteiger partial charge is 0.0456 e. The number of benzene rings is 1. The lowest BCUT2D eigenvalue weighted by Gasteiger charge is -2.13. The van der Waals surface area contributed by atoms with E-state index in [9.17, 15) is 0 Å². The first-order chi connectivity index (χ1) is 7.16. The first-order valence-electron chi connectivity index (χ1n) is 5.68. The van der Waals surface area contributed by atoms with Gasteiger partial charge in [-0.1, -0.05) is 36.6 Å². The third kappa shape index (κ3) is 2.96. The Bertz CT molecular complexity index is 344. The van der Waals surface area contributed by atoms with Crippen molar-refractivity contribution in [3.8, 4) is 0 Å². The summed E-state index contributed by atoms with van der Waals surface area (Å²) in [5, 5.41) is 0.818. The van der Waals surface area contributed by atoms with E-state index in [-0.39, 0.29) is 6.04 Å². The average molecular weight is 224 g/mol. The highest BCUT2D eigenvalue weighted by Gasteiger charge is 2.22. The first kappa shape index (κ1) is 11.0. The van der Waals surface area contributed by atoms with E-state index >= 15 is 0 Å². The van der Waals surface area contributed by atoms with Crippen molar-refractivity contribution < 1.29 is 0 Å². The molecule has 2 heteroatoms. The molecule has 1 atom stereocenters. The number of hydrogen-bond donors (Lipinski definition) is 1. The predicted octanol–water partition coefficient (Wildman–Crippen LogP) is 3.84. The Hall–Kier alpha value is -0.530. The molecule has 0 spiro atoms. The molecule has 0 bridgehead atoms. The summed E-state index contributed by atoms with van der Waals surface area (Å²) in [5.41, 5.74) is 8.43. The van der Waals surface area contributed by atoms with Crippen LogP contribution in [0.5, 0.6) is 0 Å². The molecule has 2 rings (SSSR count). The molecule has 0 radical (unpaired) electrons. The van der Waals surface area contributed by atoms with E-state index in [0.29, 0.717) is 0 Å². The van der Waals surface area contributed by atoms with Gasteiger partial charge in [-0.15, -0.1) is 0 Å². The Morgan fingerprint density at radius 3 is 2.80 bits per heavy atom. The summed E-state index contributed by atoms with van der Waals surface area (Å²) in [6.45, 7) is 2.05. The van der Waals surface area contributed by atoms with Gasteiger partial charge in [0.1, 0.15) is 0 Å². The van der Waals surface area contributed by atoms with E-state index in [1.165, 1.54) is 24.8 Å². The van der Waals surface area contributed by atoms with Crippen LogP contribution in [-0.2, 0) is 0 Å². The molecule has 0 aliphatic heterocycles. The molecule has 1 saturated carbocycles. The van der Waals surface area contributed by atoms with Crippen LogP contribution in [0, 0.1) is 12.8 Å². The predicted molar refractivity (Wildman–Crippen MR) is 65.1 cm³/mol. The minimum atomic E-state index is 0.110. The van der Waals surface area contributed by atoms with Crippen molar-refractivity contribution in [1.29, 1.82) is 0 Å². The van der Waals surface area contributed by atoms with E-state index in [4.69, 9.17) is 17.3 Å². The number of halogens is 1. The van der Waals surface area contributed by atoms with Crippen LogP contribution < -0.4 is 5.73 Å². The second-order valence-corrected chi connectivity index (χ2v) is 5.06. The average Bonchev–Trinajstić information content (AvgIpc) is 2.97. The summed E-state index contributed by atoms with van der Waals surface area (Å²) in [6, 6.07) is 6.25. The van der Waals surface area contributed by atoms with Crippen molar-refractivity contribution in [1.82, 2.24) is 0 Å². The normalized spacial score (nSPS) is 17.8. The van der Waals surface area contributed by atoms with Gasteiger partial charge in [-0.3, -0.25) is 0 Å². The molecule has 82 valence electrons. The summed E-state index contributed by atoms with van der Waals surface area (Å²) in [4.78, 5) is 0. The third-order valence-corrected chi connectivity index (χ3v) is 3.47. The monoisotopic (exact) mass is 223 g/mol. The fourth-order valence-corrected chi connectivity index (χ4v) is 2.29. The highest BCUT2D eigenvalue weighted by atomic mass is 35.5. The van der Waals surface area contributed by atoms with Crippen molar-refractivity contribution in [3.63, 3.8) is 0 Å². The maximum atomic E-state index is 6.18. The van der Waals surface area contributed by atoms with Gasteiger partial charge in [0.25, 0.3) is 0 Å². The summed E-state index contributed by atoms with van der Waals surface area (Å²) in [7, 11) is 0. The third-order valence-electron chi connectivity index (χ3n) is 3.14. The van der Waals surface area contributed by atoms with Crippen LogP contribution in [0.25, 0.3) is 0 Å². The second-order valence-electron chi connectivity index (χ2n) is 4.65. The lowest BCUT2D eigenvalue weighted by molar-refractivity contribution is 0.575. The van der Waals surface area contributed by atoms with Gasteiger partial charge in [-0.05, 0) is 42.9 Å². The Morgan fingerprint density at radius 1 is 1.47 bits per heavy atom. The van der Waals surface area contributed by atoms with Crippen molar-refractivity contribution in [2.75, 3.05) is 0 Å². The fourth-order valence-electron chi connectivity index (χ4n) is 1.91. The zero-order chi connectivity index (χ0) is 10.8. The Labute approximate surface area is 96.6 Å². The van der Waals surface area contributed by atoms with E-state index in [1.54, 1.807) is 0 Å². The molecule has 1 aromatic carbocycles. The number of rotatable bonds is 4. The molecule has 0 aromatic heterocycles. The van der Waals surface area contributed by atoms with Gasteiger partial charge in [0.2, 0.25) is 0 Å². The van der Waals surface area contributed by atoms with Crippen molar-refractivity contribution >= 4 is 11.6 Å². The number of aryl methyl sites for hydroxylation is 1. The largest absolute Gasteiger partial charge is 0.324 e. The van der Waals surface area contributed by atoms with Gasteiger partial charge in [0.05, 0.1) is 0 Å². The Morgan fingerprint density at radius 2 is 2.20 bits per heavy atom. The molecule has 1 aromatic rings. The molecule has 2 N–H and O–H groups in total. The van der Waals surface area contributed by atoms with E-state index in [2.05, 4.69) is 12.1 Å². The topological polar surface area (TPSA) is 26.0 Å². The molecular weight excluding hydrogens is 206 g/mol. The van der Waals surface area contributed by atoms with Crippen LogP contribution in [0.3, 0.4) is 0 Å². The zero-order valence-electron chi connectivity index (χ0n) is 9.17. The minimum Gasteiger partial charge on any atom is -0.324 e. The second kappa shape index (κ2) is 4.54. The molecule has 1 fully saturated rings. The van der Waals surface area contributed by atoms with Gasteiger partial charge < -0.3 is 5.73 Å². The summed E-state index contributed by atoms with van der Waals surface area (Å²) >= 11 is 6.18. The highest BCUT2D eigenvalue weighted by molar-refractivity contribution is 6.31. The highest BCUT2D eigenvalue weighted by Crippen LogP contribution is 2.36. The molecule has 1 nitrogen and oxygen atoms in total. The maximum Gasteiger partial charge on any atom is 0.0456 e. The summed E-state index contributed by atoms with van der Waals surface area (Å²) in [6.07, 6.45) is 5.11. The molecule has 1 aliphatic carbocycles. The minimum absolute atomic E-state index is 0.110. The first-order valence-corrected chi connectivity index (χ1v) is 6.06. The molecular formula is C13H18ClN. The van der Waals surface area contributed by atoms with Crippen LogP contribution in [0.1, 0.15) is 42.9 Å².